The molecule has 126 valence electrons. The van der Waals surface area contributed by atoms with Gasteiger partial charge in [0, 0.05) is 0 Å². The van der Waals surface area contributed by atoms with Crippen molar-refractivity contribution in [3.05, 3.63) is 0 Å². The quantitative estimate of drug-likeness (QED) is 0.506. The molecule has 0 N–H and O–H groups in total. The van der Waals surface area contributed by atoms with Crippen molar-refractivity contribution >= 4 is 0 Å². The molecule has 0 aromatic heterocycles. The molecule has 4 fully saturated rings. The lowest BCUT2D eigenvalue weighted by molar-refractivity contribution is -0.113. The van der Waals surface area contributed by atoms with Crippen LogP contribution in [0.1, 0.15) is 91.9 Å². The van der Waals surface area contributed by atoms with E-state index in [9.17, 15) is 0 Å². The molecule has 0 aromatic carbocycles. The van der Waals surface area contributed by atoms with E-state index in [4.69, 9.17) is 0 Å². The molecule has 22 heavy (non-hydrogen) atoms. The molecule has 5 unspecified atom stereocenters. The van der Waals surface area contributed by atoms with Crippen molar-refractivity contribution in [2.75, 3.05) is 0 Å². The van der Waals surface area contributed by atoms with Gasteiger partial charge >= 0.3 is 0 Å². The molecule has 0 amide bonds. The SMILES string of the molecule is CC(C)C1CCC2C3CCC4CCCC[C@]4(C)C3CC[C@]12C. The van der Waals surface area contributed by atoms with E-state index < -0.39 is 0 Å². The second-order valence-corrected chi connectivity index (χ2v) is 10.4. The zero-order chi connectivity index (χ0) is 15.5. The summed E-state index contributed by atoms with van der Waals surface area (Å²) >= 11 is 0. The normalized spacial score (nSPS) is 54.7. The van der Waals surface area contributed by atoms with E-state index in [0.29, 0.717) is 5.41 Å². The molecular formula is C22H38. The summed E-state index contributed by atoms with van der Waals surface area (Å²) in [5, 5.41) is 0. The van der Waals surface area contributed by atoms with Crippen LogP contribution in [0.15, 0.2) is 0 Å². The Morgan fingerprint density at radius 3 is 2.27 bits per heavy atom. The zero-order valence-corrected chi connectivity index (χ0v) is 15.5. The fraction of sp³-hybridized carbons (Fsp3) is 1.00. The molecule has 0 spiro atoms. The van der Waals surface area contributed by atoms with Gasteiger partial charge in [0.2, 0.25) is 0 Å². The van der Waals surface area contributed by atoms with E-state index in [1.165, 1.54) is 19.3 Å². The number of fused-ring (bicyclic) bond motifs is 5. The van der Waals surface area contributed by atoms with Crippen molar-refractivity contribution in [1.82, 2.24) is 0 Å². The van der Waals surface area contributed by atoms with Gasteiger partial charge < -0.3 is 0 Å². The number of rotatable bonds is 1. The van der Waals surface area contributed by atoms with Gasteiger partial charge in [-0.1, -0.05) is 40.5 Å². The molecule has 0 heterocycles. The highest BCUT2D eigenvalue weighted by Gasteiger charge is 2.59. The number of hydrogen-bond acceptors (Lipinski definition) is 0. The van der Waals surface area contributed by atoms with Crippen molar-refractivity contribution in [2.24, 2.45) is 46.3 Å². The average Bonchev–Trinajstić information content (AvgIpc) is 2.84. The van der Waals surface area contributed by atoms with Crippen molar-refractivity contribution in [2.45, 2.75) is 91.9 Å². The average molecular weight is 303 g/mol. The summed E-state index contributed by atoms with van der Waals surface area (Å²) in [4.78, 5) is 0. The molecule has 7 atom stereocenters. The molecule has 4 aliphatic carbocycles. The molecular weight excluding hydrogens is 264 g/mol. The second kappa shape index (κ2) is 5.25. The van der Waals surface area contributed by atoms with Gasteiger partial charge in [-0.25, -0.2) is 0 Å². The molecule has 0 radical (unpaired) electrons. The highest BCUT2D eigenvalue weighted by atomic mass is 14.6. The van der Waals surface area contributed by atoms with Crippen molar-refractivity contribution in [3.63, 3.8) is 0 Å². The summed E-state index contributed by atoms with van der Waals surface area (Å²) in [5.41, 5.74) is 1.41. The first kappa shape index (κ1) is 15.5. The van der Waals surface area contributed by atoms with Crippen LogP contribution in [0.2, 0.25) is 0 Å². The van der Waals surface area contributed by atoms with Crippen LogP contribution in [-0.4, -0.2) is 0 Å². The first-order valence-electron chi connectivity index (χ1n) is 10.5. The lowest BCUT2D eigenvalue weighted by atomic mass is 9.44. The molecule has 0 bridgehead atoms. The minimum absolute atomic E-state index is 0.688. The van der Waals surface area contributed by atoms with Crippen LogP contribution in [-0.2, 0) is 0 Å². The van der Waals surface area contributed by atoms with Crippen molar-refractivity contribution in [1.29, 1.82) is 0 Å². The first-order chi connectivity index (χ1) is 10.5. The van der Waals surface area contributed by atoms with Crippen LogP contribution in [0.5, 0.6) is 0 Å². The molecule has 0 heteroatoms. The Hall–Kier alpha value is 0. The van der Waals surface area contributed by atoms with Crippen molar-refractivity contribution in [3.8, 4) is 0 Å². The third-order valence-corrected chi connectivity index (χ3v) is 9.46. The minimum atomic E-state index is 0.688. The Kier molecular flexibility index (Phi) is 3.70. The smallest absolute Gasteiger partial charge is 0.0264 e. The minimum Gasteiger partial charge on any atom is -0.0625 e. The van der Waals surface area contributed by atoms with Gasteiger partial charge in [-0.3, -0.25) is 0 Å². The largest absolute Gasteiger partial charge is 0.0625 e. The van der Waals surface area contributed by atoms with Crippen LogP contribution in [0.4, 0.5) is 0 Å². The summed E-state index contributed by atoms with van der Waals surface area (Å²) in [6.45, 7) is 10.4. The van der Waals surface area contributed by atoms with Gasteiger partial charge in [0.05, 0.1) is 0 Å². The van der Waals surface area contributed by atoms with Crippen LogP contribution in [0, 0.1) is 46.3 Å². The van der Waals surface area contributed by atoms with Gasteiger partial charge in [0.25, 0.3) is 0 Å². The lowest BCUT2D eigenvalue weighted by Gasteiger charge is -2.60. The third-order valence-electron chi connectivity index (χ3n) is 9.46. The Morgan fingerprint density at radius 1 is 0.727 bits per heavy atom. The van der Waals surface area contributed by atoms with Crippen LogP contribution in [0.25, 0.3) is 0 Å². The predicted octanol–water partition coefficient (Wildman–Crippen LogP) is 6.69. The van der Waals surface area contributed by atoms with Gasteiger partial charge in [-0.05, 0) is 97.7 Å². The van der Waals surface area contributed by atoms with E-state index in [1.807, 2.05) is 0 Å². The fourth-order valence-electron chi connectivity index (χ4n) is 8.43. The highest BCUT2D eigenvalue weighted by Crippen LogP contribution is 2.68. The first-order valence-corrected chi connectivity index (χ1v) is 10.5. The summed E-state index contributed by atoms with van der Waals surface area (Å²) < 4.78 is 0. The topological polar surface area (TPSA) is 0 Å². The van der Waals surface area contributed by atoms with E-state index >= 15 is 0 Å². The van der Waals surface area contributed by atoms with Crippen LogP contribution >= 0.6 is 0 Å². The van der Waals surface area contributed by atoms with Gasteiger partial charge in [0.15, 0.2) is 0 Å². The molecule has 4 aliphatic rings. The maximum Gasteiger partial charge on any atom is -0.0264 e. The molecule has 4 rings (SSSR count). The number of hydrogen-bond donors (Lipinski definition) is 0. The summed E-state index contributed by atoms with van der Waals surface area (Å²) in [6.07, 6.45) is 15.5. The molecule has 0 aliphatic heterocycles. The van der Waals surface area contributed by atoms with Crippen LogP contribution < -0.4 is 0 Å². The zero-order valence-electron chi connectivity index (χ0n) is 15.5. The van der Waals surface area contributed by atoms with Crippen molar-refractivity contribution < 1.29 is 0 Å². The van der Waals surface area contributed by atoms with E-state index in [2.05, 4.69) is 27.7 Å². The molecule has 4 saturated carbocycles. The molecule has 0 aromatic rings. The Balaban J connectivity index is 1.62. The molecule has 0 saturated heterocycles. The third kappa shape index (κ3) is 2.01. The van der Waals surface area contributed by atoms with Gasteiger partial charge in [-0.15, -0.1) is 0 Å². The predicted molar refractivity (Wildman–Crippen MR) is 94.7 cm³/mol. The second-order valence-electron chi connectivity index (χ2n) is 10.4. The Bertz CT molecular complexity index is 424. The maximum atomic E-state index is 2.71. The van der Waals surface area contributed by atoms with Gasteiger partial charge in [-0.2, -0.15) is 0 Å². The summed E-state index contributed by atoms with van der Waals surface area (Å²) in [6, 6.07) is 0. The Morgan fingerprint density at radius 2 is 1.50 bits per heavy atom. The lowest BCUT2D eigenvalue weighted by Crippen LogP contribution is -2.53. The van der Waals surface area contributed by atoms with E-state index in [-0.39, 0.29) is 0 Å². The van der Waals surface area contributed by atoms with Gasteiger partial charge in [0.1, 0.15) is 0 Å². The highest BCUT2D eigenvalue weighted by molar-refractivity contribution is 5.08. The van der Waals surface area contributed by atoms with E-state index in [1.54, 1.807) is 44.9 Å². The fourth-order valence-corrected chi connectivity index (χ4v) is 8.43. The van der Waals surface area contributed by atoms with E-state index in [0.717, 1.165) is 40.9 Å². The maximum absolute atomic E-state index is 2.71. The van der Waals surface area contributed by atoms with Crippen LogP contribution in [0.3, 0.4) is 0 Å². The monoisotopic (exact) mass is 302 g/mol. The molecule has 0 nitrogen and oxygen atoms in total. The Labute approximate surface area is 138 Å². The standard InChI is InChI=1S/C22H38/c1-15(2)18-10-11-19-17-9-8-16-7-5-6-13-21(16,3)20(17)12-14-22(18,19)4/h15-20H,5-14H2,1-4H3/t16?,17?,18?,19?,20?,21-,22+/m0/s1. The summed E-state index contributed by atoms with van der Waals surface area (Å²) in [5.74, 6) is 6.22. The summed E-state index contributed by atoms with van der Waals surface area (Å²) in [7, 11) is 0.